The van der Waals surface area contributed by atoms with Gasteiger partial charge in [0.2, 0.25) is 0 Å². The van der Waals surface area contributed by atoms with Gasteiger partial charge < -0.3 is 9.47 Å². The lowest BCUT2D eigenvalue weighted by atomic mass is 9.70. The molecule has 0 saturated carbocycles. The molecule has 2 heteroatoms. The molecule has 2 nitrogen and oxygen atoms in total. The van der Waals surface area contributed by atoms with Crippen LogP contribution >= 0.6 is 0 Å². The standard InChI is InChI=1S/C73H46N2/c1-2-18-50-43-55(34-31-47(50)15-1)74(56-39-40-64-63-25-9-12-30-69(63)73(70(64)46-56)67-28-10-7-23-61(67)62-24-8-11-29-68(62)73)53-35-37-54(38-36-53)75-71-41-32-51(59-26-13-19-48-16-3-5-21-57(48)59)44-65(71)66-45-52(33-42-72(66)75)60-27-14-20-49-17-4-6-22-58(49)60/h1-46H. The first-order chi connectivity index (χ1) is 37.2. The predicted octanol–water partition coefficient (Wildman–Crippen LogP) is 19.4. The molecule has 1 aromatic heterocycles. The third kappa shape index (κ3) is 6.08. The Morgan fingerprint density at radius 1 is 0.253 bits per heavy atom. The molecule has 0 aliphatic heterocycles. The van der Waals surface area contributed by atoms with Crippen molar-refractivity contribution in [2.45, 2.75) is 5.41 Å². The van der Waals surface area contributed by atoms with Crippen molar-refractivity contribution in [3.63, 3.8) is 0 Å². The fraction of sp³-hybridized carbons (Fsp3) is 0.0137. The number of benzene rings is 13. The van der Waals surface area contributed by atoms with E-state index >= 15 is 0 Å². The summed E-state index contributed by atoms with van der Waals surface area (Å²) in [5, 5.41) is 9.87. The molecule has 1 heterocycles. The van der Waals surface area contributed by atoms with Crippen LogP contribution < -0.4 is 4.90 Å². The van der Waals surface area contributed by atoms with Crippen LogP contribution in [-0.2, 0) is 5.41 Å². The highest BCUT2D eigenvalue weighted by Crippen LogP contribution is 2.63. The van der Waals surface area contributed by atoms with Gasteiger partial charge in [-0.2, -0.15) is 0 Å². The number of rotatable bonds is 6. The Bertz CT molecular complexity index is 4460. The van der Waals surface area contributed by atoms with E-state index in [9.17, 15) is 0 Å². The molecule has 0 unspecified atom stereocenters. The summed E-state index contributed by atoms with van der Waals surface area (Å²) in [7, 11) is 0. The minimum atomic E-state index is -0.453. The highest BCUT2D eigenvalue weighted by Gasteiger charge is 2.51. The molecule has 0 radical (unpaired) electrons. The largest absolute Gasteiger partial charge is 0.310 e. The summed E-state index contributed by atoms with van der Waals surface area (Å²) in [6.45, 7) is 0. The summed E-state index contributed by atoms with van der Waals surface area (Å²) in [6.07, 6.45) is 0. The molecule has 0 N–H and O–H groups in total. The van der Waals surface area contributed by atoms with E-state index in [1.807, 2.05) is 0 Å². The predicted molar refractivity (Wildman–Crippen MR) is 315 cm³/mol. The van der Waals surface area contributed by atoms with Gasteiger partial charge in [-0.3, -0.25) is 0 Å². The average Bonchev–Trinajstić information content (AvgIpc) is 4.13. The second-order valence-electron chi connectivity index (χ2n) is 20.4. The monoisotopic (exact) mass is 950 g/mol. The van der Waals surface area contributed by atoms with E-state index in [1.54, 1.807) is 0 Å². The average molecular weight is 951 g/mol. The number of hydrogen-bond acceptors (Lipinski definition) is 1. The lowest BCUT2D eigenvalue weighted by Gasteiger charge is -2.32. The third-order valence-electron chi connectivity index (χ3n) is 16.6. The van der Waals surface area contributed by atoms with Crippen molar-refractivity contribution in [2.75, 3.05) is 4.90 Å². The first kappa shape index (κ1) is 41.8. The first-order valence-corrected chi connectivity index (χ1v) is 26.1. The molecule has 0 amide bonds. The quantitative estimate of drug-likeness (QED) is 0.161. The van der Waals surface area contributed by atoms with Gasteiger partial charge in [0.05, 0.1) is 16.4 Å². The van der Waals surface area contributed by atoms with Gasteiger partial charge in [0.15, 0.2) is 0 Å². The molecule has 75 heavy (non-hydrogen) atoms. The van der Waals surface area contributed by atoms with Crippen LogP contribution in [0, 0.1) is 0 Å². The molecule has 348 valence electrons. The number of anilines is 3. The summed E-state index contributed by atoms with van der Waals surface area (Å²) in [6, 6.07) is 104. The zero-order valence-electron chi connectivity index (χ0n) is 41.0. The molecule has 13 aromatic carbocycles. The van der Waals surface area contributed by atoms with E-state index in [4.69, 9.17) is 0 Å². The maximum atomic E-state index is 2.49. The molecule has 2 aliphatic rings. The molecule has 14 aromatic rings. The maximum Gasteiger partial charge on any atom is 0.0726 e. The summed E-state index contributed by atoms with van der Waals surface area (Å²) >= 11 is 0. The number of aromatic nitrogens is 1. The molecule has 2 aliphatic carbocycles. The molecular formula is C73H46N2. The first-order valence-electron chi connectivity index (χ1n) is 26.1. The van der Waals surface area contributed by atoms with Crippen LogP contribution in [0.1, 0.15) is 22.3 Å². The summed E-state index contributed by atoms with van der Waals surface area (Å²) < 4.78 is 2.46. The Hall–Kier alpha value is -9.76. The molecule has 16 rings (SSSR count). The summed E-state index contributed by atoms with van der Waals surface area (Å²) in [5.74, 6) is 0. The lowest BCUT2D eigenvalue weighted by molar-refractivity contribution is 0.793. The van der Waals surface area contributed by atoms with Crippen LogP contribution in [0.2, 0.25) is 0 Å². The highest BCUT2D eigenvalue weighted by molar-refractivity contribution is 6.13. The van der Waals surface area contributed by atoms with Crippen molar-refractivity contribution >= 4 is 71.2 Å². The van der Waals surface area contributed by atoms with Gasteiger partial charge in [0.1, 0.15) is 0 Å². The van der Waals surface area contributed by atoms with E-state index < -0.39 is 5.41 Å². The van der Waals surface area contributed by atoms with Crippen LogP contribution in [0.25, 0.3) is 104 Å². The Kier molecular flexibility index (Phi) is 8.99. The summed E-state index contributed by atoms with van der Waals surface area (Å²) in [5.41, 5.74) is 21.7. The van der Waals surface area contributed by atoms with Gasteiger partial charge in [0, 0.05) is 33.5 Å². The van der Waals surface area contributed by atoms with Gasteiger partial charge in [0.25, 0.3) is 0 Å². The zero-order chi connectivity index (χ0) is 49.2. The molecule has 0 fully saturated rings. The molecule has 0 bridgehead atoms. The van der Waals surface area contributed by atoms with Crippen molar-refractivity contribution in [3.8, 4) is 50.2 Å². The highest BCUT2D eigenvalue weighted by atomic mass is 15.1. The Balaban J connectivity index is 0.887. The minimum Gasteiger partial charge on any atom is -0.310 e. The second kappa shape index (κ2) is 16.1. The number of fused-ring (bicyclic) bond motifs is 16. The Labute approximate surface area is 435 Å². The van der Waals surface area contributed by atoms with Crippen molar-refractivity contribution in [2.24, 2.45) is 0 Å². The van der Waals surface area contributed by atoms with Crippen molar-refractivity contribution in [1.29, 1.82) is 0 Å². The maximum absolute atomic E-state index is 2.49. The van der Waals surface area contributed by atoms with Crippen LogP contribution in [0.3, 0.4) is 0 Å². The molecule has 0 saturated heterocycles. The van der Waals surface area contributed by atoms with E-state index in [2.05, 4.69) is 289 Å². The van der Waals surface area contributed by atoms with Crippen LogP contribution in [0.5, 0.6) is 0 Å². The van der Waals surface area contributed by atoms with Crippen LogP contribution in [-0.4, -0.2) is 4.57 Å². The van der Waals surface area contributed by atoms with Crippen LogP contribution in [0.15, 0.2) is 279 Å². The van der Waals surface area contributed by atoms with Gasteiger partial charge in [-0.15, -0.1) is 0 Å². The Morgan fingerprint density at radius 2 is 0.680 bits per heavy atom. The molecular weight excluding hydrogens is 905 g/mol. The van der Waals surface area contributed by atoms with Gasteiger partial charge in [-0.25, -0.2) is 0 Å². The number of nitrogens with zero attached hydrogens (tertiary/aromatic N) is 2. The van der Waals surface area contributed by atoms with Crippen molar-refractivity contribution < 1.29 is 0 Å². The fourth-order valence-electron chi connectivity index (χ4n) is 13.3. The van der Waals surface area contributed by atoms with Crippen molar-refractivity contribution in [1.82, 2.24) is 4.57 Å². The minimum absolute atomic E-state index is 0.453. The molecule has 0 atom stereocenters. The zero-order valence-corrected chi connectivity index (χ0v) is 41.0. The van der Waals surface area contributed by atoms with Gasteiger partial charge in [-0.1, -0.05) is 206 Å². The second-order valence-corrected chi connectivity index (χ2v) is 20.4. The topological polar surface area (TPSA) is 8.17 Å². The van der Waals surface area contributed by atoms with E-state index in [1.165, 1.54) is 121 Å². The lowest BCUT2D eigenvalue weighted by Crippen LogP contribution is -2.26. The summed E-state index contributed by atoms with van der Waals surface area (Å²) in [4.78, 5) is 2.46. The van der Waals surface area contributed by atoms with Crippen LogP contribution in [0.4, 0.5) is 17.1 Å². The Morgan fingerprint density at radius 3 is 1.25 bits per heavy atom. The third-order valence-corrected chi connectivity index (χ3v) is 16.6. The van der Waals surface area contributed by atoms with Gasteiger partial charge >= 0.3 is 0 Å². The molecule has 1 spiro atoms. The van der Waals surface area contributed by atoms with E-state index in [-0.39, 0.29) is 0 Å². The number of hydrogen-bond donors (Lipinski definition) is 0. The van der Waals surface area contributed by atoms with Crippen molar-refractivity contribution in [3.05, 3.63) is 301 Å². The van der Waals surface area contributed by atoms with Gasteiger partial charge in [-0.05, 0) is 172 Å². The fourth-order valence-corrected chi connectivity index (χ4v) is 13.3. The van der Waals surface area contributed by atoms with E-state index in [0.29, 0.717) is 0 Å². The smallest absolute Gasteiger partial charge is 0.0726 e. The van der Waals surface area contributed by atoms with E-state index in [0.717, 1.165) is 22.7 Å². The SMILES string of the molecule is c1ccc2c(c1)-c1ccccc1C21c2ccccc2-c2ccc(N(c3ccc(-n4c5ccc(-c6cccc7ccccc67)cc5c5cc(-c6cccc7ccccc67)ccc54)cc3)c3ccc4ccccc4c3)cc21. The normalized spacial score (nSPS) is 12.9.